The van der Waals surface area contributed by atoms with Gasteiger partial charge in [0.25, 0.3) is 0 Å². The number of aromatic nitrogens is 1. The number of hydrogen-bond acceptors (Lipinski definition) is 3. The van der Waals surface area contributed by atoms with E-state index in [1.54, 1.807) is 19.3 Å². The predicted molar refractivity (Wildman–Crippen MR) is 70.3 cm³/mol. The van der Waals surface area contributed by atoms with Gasteiger partial charge in [-0.15, -0.1) is 0 Å². The van der Waals surface area contributed by atoms with Crippen molar-refractivity contribution in [3.05, 3.63) is 28.7 Å². The second kappa shape index (κ2) is 4.94. The van der Waals surface area contributed by atoms with Crippen molar-refractivity contribution in [3.8, 4) is 0 Å². The average molecular weight is 249 g/mol. The Kier molecular flexibility index (Phi) is 3.52. The van der Waals surface area contributed by atoms with Gasteiger partial charge in [0, 0.05) is 25.7 Å². The van der Waals surface area contributed by atoms with Gasteiger partial charge in [-0.05, 0) is 30.9 Å². The number of nitrogens with zero attached hydrogens (tertiary/aromatic N) is 1. The van der Waals surface area contributed by atoms with Crippen molar-refractivity contribution in [3.63, 3.8) is 0 Å². The highest BCUT2D eigenvalue weighted by atomic mass is 16.1. The smallest absolute Gasteiger partial charge is 0.250 e. The van der Waals surface area contributed by atoms with Crippen molar-refractivity contribution < 1.29 is 4.79 Å². The Hall–Kier alpha value is -1.62. The third-order valence-electron chi connectivity index (χ3n) is 3.75. The summed E-state index contributed by atoms with van der Waals surface area (Å²) < 4.78 is 1.44. The van der Waals surface area contributed by atoms with Crippen molar-refractivity contribution in [2.45, 2.75) is 25.7 Å². The van der Waals surface area contributed by atoms with Crippen LogP contribution in [0, 0.1) is 5.41 Å². The van der Waals surface area contributed by atoms with E-state index in [1.165, 1.54) is 10.6 Å². The minimum Gasteiger partial charge on any atom is -0.330 e. The van der Waals surface area contributed by atoms with Gasteiger partial charge < -0.3 is 15.6 Å². The largest absolute Gasteiger partial charge is 0.330 e. The molecule has 5 heteroatoms. The van der Waals surface area contributed by atoms with Crippen LogP contribution in [0.25, 0.3) is 0 Å². The number of amides is 1. The molecule has 18 heavy (non-hydrogen) atoms. The fraction of sp³-hybridized carbons (Fsp3) is 0.538. The Morgan fingerprint density at radius 1 is 1.50 bits per heavy atom. The van der Waals surface area contributed by atoms with Crippen molar-refractivity contribution >= 4 is 11.6 Å². The number of nitrogens with two attached hydrogens (primary N) is 1. The van der Waals surface area contributed by atoms with Crippen molar-refractivity contribution in [1.82, 2.24) is 4.57 Å². The zero-order chi connectivity index (χ0) is 13.2. The van der Waals surface area contributed by atoms with Gasteiger partial charge in [0.2, 0.25) is 11.5 Å². The van der Waals surface area contributed by atoms with Crippen LogP contribution in [-0.2, 0) is 11.8 Å². The van der Waals surface area contributed by atoms with Crippen LogP contribution < -0.4 is 16.6 Å². The standard InChI is InChI=1S/C13H19N3O2/c1-16-8-10(3-4-12(16)18)15-11(17)7-13(9-14)5-2-6-13/h3-4,8H,2,5-7,9,14H2,1H3,(H,15,17). The van der Waals surface area contributed by atoms with Gasteiger partial charge in [-0.3, -0.25) is 9.59 Å². The fourth-order valence-electron chi connectivity index (χ4n) is 2.34. The van der Waals surface area contributed by atoms with E-state index < -0.39 is 0 Å². The molecule has 1 fully saturated rings. The highest BCUT2D eigenvalue weighted by Crippen LogP contribution is 2.42. The third kappa shape index (κ3) is 2.61. The van der Waals surface area contributed by atoms with Crippen LogP contribution in [-0.4, -0.2) is 17.0 Å². The summed E-state index contributed by atoms with van der Waals surface area (Å²) >= 11 is 0. The summed E-state index contributed by atoms with van der Waals surface area (Å²) in [5, 5.41) is 2.81. The molecule has 0 saturated heterocycles. The van der Waals surface area contributed by atoms with Gasteiger partial charge in [0.1, 0.15) is 0 Å². The van der Waals surface area contributed by atoms with Crippen LogP contribution in [0.1, 0.15) is 25.7 Å². The number of hydrogen-bond donors (Lipinski definition) is 2. The van der Waals surface area contributed by atoms with E-state index >= 15 is 0 Å². The van der Waals surface area contributed by atoms with Crippen LogP contribution in [0.15, 0.2) is 23.1 Å². The molecule has 0 unspecified atom stereocenters. The van der Waals surface area contributed by atoms with E-state index in [4.69, 9.17) is 5.73 Å². The molecule has 98 valence electrons. The lowest BCUT2D eigenvalue weighted by atomic mass is 9.66. The number of carbonyl (C=O) groups excluding carboxylic acids is 1. The summed E-state index contributed by atoms with van der Waals surface area (Å²) in [5.74, 6) is -0.0289. The molecule has 1 heterocycles. The maximum Gasteiger partial charge on any atom is 0.250 e. The van der Waals surface area contributed by atoms with Crippen LogP contribution in [0.2, 0.25) is 0 Å². The number of nitrogens with one attached hydrogen (secondary N) is 1. The summed E-state index contributed by atoms with van der Waals surface area (Å²) in [6, 6.07) is 3.06. The third-order valence-corrected chi connectivity index (χ3v) is 3.75. The molecule has 1 amide bonds. The molecule has 1 aliphatic carbocycles. The maximum atomic E-state index is 11.9. The Labute approximate surface area is 106 Å². The molecule has 2 rings (SSSR count). The molecule has 0 radical (unpaired) electrons. The first-order valence-electron chi connectivity index (χ1n) is 6.21. The Balaban J connectivity index is 1.98. The minimum atomic E-state index is -0.0922. The van der Waals surface area contributed by atoms with Gasteiger partial charge >= 0.3 is 0 Å². The lowest BCUT2D eigenvalue weighted by Crippen LogP contribution is -2.40. The minimum absolute atomic E-state index is 0.00471. The lowest BCUT2D eigenvalue weighted by molar-refractivity contribution is -0.119. The number of pyridine rings is 1. The molecule has 5 nitrogen and oxygen atoms in total. The predicted octanol–water partition coefficient (Wildman–Crippen LogP) is 0.843. The molecule has 1 aromatic heterocycles. The number of carbonyl (C=O) groups is 1. The molecule has 0 atom stereocenters. The topological polar surface area (TPSA) is 77.1 Å². The van der Waals surface area contributed by atoms with Crippen LogP contribution in [0.4, 0.5) is 5.69 Å². The Morgan fingerprint density at radius 3 is 2.72 bits per heavy atom. The lowest BCUT2D eigenvalue weighted by Gasteiger charge is -2.40. The fourth-order valence-corrected chi connectivity index (χ4v) is 2.34. The zero-order valence-corrected chi connectivity index (χ0v) is 10.6. The SMILES string of the molecule is Cn1cc(NC(=O)CC2(CN)CCC2)ccc1=O. The maximum absolute atomic E-state index is 11.9. The van der Waals surface area contributed by atoms with Crippen molar-refractivity contribution in [2.75, 3.05) is 11.9 Å². The first-order chi connectivity index (χ1) is 8.54. The summed E-state index contributed by atoms with van der Waals surface area (Å²) in [6.07, 6.45) is 5.31. The molecule has 1 aliphatic rings. The zero-order valence-electron chi connectivity index (χ0n) is 10.6. The van der Waals surface area contributed by atoms with Gasteiger partial charge in [-0.25, -0.2) is 0 Å². The number of rotatable bonds is 4. The van der Waals surface area contributed by atoms with Crippen LogP contribution in [0.3, 0.4) is 0 Å². The molecular weight excluding hydrogens is 230 g/mol. The van der Waals surface area contributed by atoms with Gasteiger partial charge in [0.05, 0.1) is 5.69 Å². The van der Waals surface area contributed by atoms with Crippen LogP contribution >= 0.6 is 0 Å². The van der Waals surface area contributed by atoms with E-state index in [0.717, 1.165) is 19.3 Å². The monoisotopic (exact) mass is 249 g/mol. The highest BCUT2D eigenvalue weighted by Gasteiger charge is 2.37. The second-order valence-corrected chi connectivity index (χ2v) is 5.15. The van der Waals surface area contributed by atoms with E-state index in [9.17, 15) is 9.59 Å². The molecule has 0 aliphatic heterocycles. The molecule has 0 spiro atoms. The van der Waals surface area contributed by atoms with Crippen molar-refractivity contribution in [1.29, 1.82) is 0 Å². The van der Waals surface area contributed by atoms with E-state index in [-0.39, 0.29) is 16.9 Å². The van der Waals surface area contributed by atoms with Gasteiger partial charge in [0.15, 0.2) is 0 Å². The first kappa shape index (κ1) is 12.8. The molecule has 0 aromatic carbocycles. The highest BCUT2D eigenvalue weighted by molar-refractivity contribution is 5.91. The normalized spacial score (nSPS) is 17.0. The van der Waals surface area contributed by atoms with E-state index in [2.05, 4.69) is 5.32 Å². The van der Waals surface area contributed by atoms with Gasteiger partial charge in [-0.2, -0.15) is 0 Å². The first-order valence-corrected chi connectivity index (χ1v) is 6.21. The second-order valence-electron chi connectivity index (χ2n) is 5.15. The Morgan fingerprint density at radius 2 is 2.22 bits per heavy atom. The Bertz CT molecular complexity index is 498. The van der Waals surface area contributed by atoms with Crippen LogP contribution in [0.5, 0.6) is 0 Å². The number of aryl methyl sites for hydroxylation is 1. The van der Waals surface area contributed by atoms with Gasteiger partial charge in [-0.1, -0.05) is 6.42 Å². The molecule has 3 N–H and O–H groups in total. The summed E-state index contributed by atoms with van der Waals surface area (Å²) in [5.41, 5.74) is 6.29. The molecule has 0 bridgehead atoms. The molecular formula is C13H19N3O2. The summed E-state index contributed by atoms with van der Waals surface area (Å²) in [4.78, 5) is 23.1. The quantitative estimate of drug-likeness (QED) is 0.830. The average Bonchev–Trinajstić information content (AvgIpc) is 2.29. The van der Waals surface area contributed by atoms with E-state index in [0.29, 0.717) is 18.7 Å². The van der Waals surface area contributed by atoms with Crippen molar-refractivity contribution in [2.24, 2.45) is 18.2 Å². The summed E-state index contributed by atoms with van der Waals surface area (Å²) in [7, 11) is 1.66. The molecule has 1 saturated carbocycles. The number of anilines is 1. The van der Waals surface area contributed by atoms with E-state index in [1.807, 2.05) is 0 Å². The summed E-state index contributed by atoms with van der Waals surface area (Å²) in [6.45, 7) is 0.563. The molecule has 1 aromatic rings.